The number of hydrogen-bond donors (Lipinski definition) is 1. The lowest BCUT2D eigenvalue weighted by atomic mass is 9.52. The van der Waals surface area contributed by atoms with E-state index in [-0.39, 0.29) is 17.3 Å². The Morgan fingerprint density at radius 1 is 1.33 bits per heavy atom. The highest BCUT2D eigenvalue weighted by molar-refractivity contribution is 5.94. The summed E-state index contributed by atoms with van der Waals surface area (Å²) in [6, 6.07) is 0. The SMILES string of the molecule is CCC1=CCC2C[C@@](CC=O)(CC(C)CC)CCC2C1(N)C(=O)C1CCC1. The lowest BCUT2D eigenvalue weighted by molar-refractivity contribution is -0.134. The molecule has 0 aromatic carbocycles. The van der Waals surface area contributed by atoms with Gasteiger partial charge in [0.05, 0.1) is 5.54 Å². The molecular weight excluding hydrogens is 334 g/mol. The number of ketones is 1. The molecule has 0 heterocycles. The minimum Gasteiger partial charge on any atom is -0.315 e. The largest absolute Gasteiger partial charge is 0.315 e. The lowest BCUT2D eigenvalue weighted by Crippen LogP contribution is -2.63. The zero-order valence-corrected chi connectivity index (χ0v) is 17.6. The molecule has 2 N–H and O–H groups in total. The Bertz CT molecular complexity index is 593. The number of hydrogen-bond acceptors (Lipinski definition) is 3. The number of nitrogens with two attached hydrogens (primary N) is 1. The van der Waals surface area contributed by atoms with Gasteiger partial charge in [0.1, 0.15) is 6.29 Å². The van der Waals surface area contributed by atoms with Crippen molar-refractivity contribution in [1.29, 1.82) is 0 Å². The smallest absolute Gasteiger partial charge is 0.160 e. The monoisotopic (exact) mass is 373 g/mol. The fourth-order valence-corrected chi connectivity index (χ4v) is 6.35. The van der Waals surface area contributed by atoms with Gasteiger partial charge in [-0.3, -0.25) is 4.79 Å². The van der Waals surface area contributed by atoms with Gasteiger partial charge in [-0.25, -0.2) is 0 Å². The van der Waals surface area contributed by atoms with E-state index in [9.17, 15) is 9.59 Å². The van der Waals surface area contributed by atoms with Gasteiger partial charge in [0, 0.05) is 12.3 Å². The summed E-state index contributed by atoms with van der Waals surface area (Å²) in [7, 11) is 0. The van der Waals surface area contributed by atoms with E-state index < -0.39 is 5.54 Å². The number of Topliss-reactive ketones (excluding diaryl/α,β-unsaturated/α-hetero) is 1. The van der Waals surface area contributed by atoms with Crippen LogP contribution >= 0.6 is 0 Å². The number of fused-ring (bicyclic) bond motifs is 1. The maximum atomic E-state index is 13.4. The van der Waals surface area contributed by atoms with Crippen LogP contribution in [0.1, 0.15) is 91.4 Å². The van der Waals surface area contributed by atoms with Crippen LogP contribution in [0.15, 0.2) is 11.6 Å². The maximum Gasteiger partial charge on any atom is 0.160 e. The number of aldehydes is 1. The molecule has 0 bridgehead atoms. The molecule has 0 aromatic rings. The number of carbonyl (C=O) groups excluding carboxylic acids is 2. The van der Waals surface area contributed by atoms with E-state index in [1.54, 1.807) is 0 Å². The van der Waals surface area contributed by atoms with Crippen LogP contribution in [0.2, 0.25) is 0 Å². The molecule has 27 heavy (non-hydrogen) atoms. The summed E-state index contributed by atoms with van der Waals surface area (Å²) in [5, 5.41) is 0. The van der Waals surface area contributed by atoms with Crippen LogP contribution in [0.3, 0.4) is 0 Å². The summed E-state index contributed by atoms with van der Waals surface area (Å²) in [5.41, 5.74) is 7.59. The Hall–Kier alpha value is -0.960. The number of rotatable bonds is 8. The van der Waals surface area contributed by atoms with Gasteiger partial charge < -0.3 is 10.5 Å². The van der Waals surface area contributed by atoms with Gasteiger partial charge in [0.15, 0.2) is 5.78 Å². The fourth-order valence-electron chi connectivity index (χ4n) is 6.35. The zero-order chi connectivity index (χ0) is 19.7. The quantitative estimate of drug-likeness (QED) is 0.468. The fraction of sp³-hybridized carbons (Fsp3) is 0.833. The summed E-state index contributed by atoms with van der Waals surface area (Å²) >= 11 is 0. The molecule has 5 atom stereocenters. The van der Waals surface area contributed by atoms with Crippen molar-refractivity contribution in [3.05, 3.63) is 11.6 Å². The van der Waals surface area contributed by atoms with E-state index in [0.717, 1.165) is 64.1 Å². The molecule has 0 saturated heterocycles. The second kappa shape index (κ2) is 8.19. The molecule has 3 nitrogen and oxygen atoms in total. The average Bonchev–Trinajstić information content (AvgIpc) is 2.60. The van der Waals surface area contributed by atoms with Crippen molar-refractivity contribution in [1.82, 2.24) is 0 Å². The van der Waals surface area contributed by atoms with E-state index in [0.29, 0.717) is 24.0 Å². The number of carbonyl (C=O) groups is 2. The summed E-state index contributed by atoms with van der Waals surface area (Å²) in [4.78, 5) is 24.9. The van der Waals surface area contributed by atoms with Gasteiger partial charge in [-0.2, -0.15) is 0 Å². The van der Waals surface area contributed by atoms with Crippen molar-refractivity contribution in [2.24, 2.45) is 34.8 Å². The van der Waals surface area contributed by atoms with Crippen LogP contribution in [0, 0.1) is 29.1 Å². The molecule has 0 radical (unpaired) electrons. The molecule has 3 heteroatoms. The summed E-state index contributed by atoms with van der Waals surface area (Å²) in [6.07, 6.45) is 14.6. The van der Waals surface area contributed by atoms with E-state index in [4.69, 9.17) is 5.73 Å². The van der Waals surface area contributed by atoms with Crippen molar-refractivity contribution in [2.45, 2.75) is 96.9 Å². The topological polar surface area (TPSA) is 60.2 Å². The van der Waals surface area contributed by atoms with Gasteiger partial charge in [0.25, 0.3) is 0 Å². The Morgan fingerprint density at radius 2 is 2.07 bits per heavy atom. The lowest BCUT2D eigenvalue weighted by Gasteiger charge is -2.54. The van der Waals surface area contributed by atoms with E-state index in [1.807, 2.05) is 0 Å². The molecule has 4 unspecified atom stereocenters. The Balaban J connectivity index is 1.87. The molecule has 3 aliphatic carbocycles. The van der Waals surface area contributed by atoms with Gasteiger partial charge in [-0.1, -0.05) is 39.7 Å². The van der Waals surface area contributed by atoms with Crippen molar-refractivity contribution in [3.63, 3.8) is 0 Å². The first-order chi connectivity index (χ1) is 12.9. The number of allylic oxidation sites excluding steroid dienone is 1. The van der Waals surface area contributed by atoms with E-state index in [2.05, 4.69) is 26.8 Å². The third-order valence-electron chi connectivity index (χ3n) is 8.29. The standard InChI is InChI=1S/C24H39NO2/c1-4-17(3)15-23(13-14-26)12-11-21-19(16-23)9-10-20(5-2)24(21,25)22(27)18-7-6-8-18/h10,14,17-19,21H,4-9,11-13,15-16,25H2,1-3H3/t17?,19?,21?,23-,24?/m0/s1. The second-order valence-electron chi connectivity index (χ2n) is 9.88. The molecule has 2 saturated carbocycles. The van der Waals surface area contributed by atoms with Gasteiger partial charge in [-0.05, 0) is 80.1 Å². The third-order valence-corrected chi connectivity index (χ3v) is 8.29. The summed E-state index contributed by atoms with van der Waals surface area (Å²) in [5.74, 6) is 1.87. The molecule has 2 fully saturated rings. The molecule has 0 aromatic heterocycles. The summed E-state index contributed by atoms with van der Waals surface area (Å²) in [6.45, 7) is 6.69. The van der Waals surface area contributed by atoms with Crippen molar-refractivity contribution in [3.8, 4) is 0 Å². The van der Waals surface area contributed by atoms with Crippen LogP contribution in [-0.4, -0.2) is 17.6 Å². The molecular formula is C24H39NO2. The van der Waals surface area contributed by atoms with Gasteiger partial charge in [0.2, 0.25) is 0 Å². The van der Waals surface area contributed by atoms with Crippen LogP contribution in [0.4, 0.5) is 0 Å². The molecule has 0 amide bonds. The molecule has 0 spiro atoms. The third kappa shape index (κ3) is 3.69. The molecule has 0 aliphatic heterocycles. The maximum absolute atomic E-state index is 13.4. The highest BCUT2D eigenvalue weighted by Crippen LogP contribution is 2.55. The van der Waals surface area contributed by atoms with Crippen LogP contribution in [0.5, 0.6) is 0 Å². The Kier molecular flexibility index (Phi) is 6.30. The predicted molar refractivity (Wildman–Crippen MR) is 110 cm³/mol. The zero-order valence-electron chi connectivity index (χ0n) is 17.6. The Morgan fingerprint density at radius 3 is 2.63 bits per heavy atom. The van der Waals surface area contributed by atoms with Crippen LogP contribution < -0.4 is 5.73 Å². The van der Waals surface area contributed by atoms with Crippen molar-refractivity contribution < 1.29 is 9.59 Å². The van der Waals surface area contributed by atoms with Crippen molar-refractivity contribution in [2.75, 3.05) is 0 Å². The van der Waals surface area contributed by atoms with Gasteiger partial charge >= 0.3 is 0 Å². The normalized spacial score (nSPS) is 37.7. The first kappa shape index (κ1) is 20.8. The molecule has 3 rings (SSSR count). The van der Waals surface area contributed by atoms with Crippen LogP contribution in [-0.2, 0) is 9.59 Å². The minimum atomic E-state index is -0.744. The first-order valence-corrected chi connectivity index (χ1v) is 11.4. The molecule has 152 valence electrons. The first-order valence-electron chi connectivity index (χ1n) is 11.4. The summed E-state index contributed by atoms with van der Waals surface area (Å²) < 4.78 is 0. The highest BCUT2D eigenvalue weighted by atomic mass is 16.1. The predicted octanol–water partition coefficient (Wildman–Crippen LogP) is 5.22. The van der Waals surface area contributed by atoms with Crippen LogP contribution in [0.25, 0.3) is 0 Å². The van der Waals surface area contributed by atoms with Gasteiger partial charge in [-0.15, -0.1) is 0 Å². The average molecular weight is 374 g/mol. The minimum absolute atomic E-state index is 0.121. The molecule has 3 aliphatic rings. The van der Waals surface area contributed by atoms with E-state index in [1.165, 1.54) is 12.0 Å². The second-order valence-corrected chi connectivity index (χ2v) is 9.88. The van der Waals surface area contributed by atoms with E-state index >= 15 is 0 Å². The van der Waals surface area contributed by atoms with Crippen molar-refractivity contribution >= 4 is 12.1 Å². The Labute approximate surface area is 165 Å². The highest BCUT2D eigenvalue weighted by Gasteiger charge is 2.55.